The zero-order valence-corrected chi connectivity index (χ0v) is 16.7. The number of rotatable bonds is 4. The smallest absolute Gasteiger partial charge is 0.293 e. The second-order valence-corrected chi connectivity index (χ2v) is 7.11. The fourth-order valence-corrected chi connectivity index (χ4v) is 3.11. The van der Waals surface area contributed by atoms with Crippen LogP contribution in [0.15, 0.2) is 66.7 Å². The molecule has 5 nitrogen and oxygen atoms in total. The van der Waals surface area contributed by atoms with Crippen LogP contribution >= 0.6 is 0 Å². The summed E-state index contributed by atoms with van der Waals surface area (Å²) in [5.41, 5.74) is 5.70. The fraction of sp³-hybridized carbons (Fsp3) is 0.125. The molecule has 29 heavy (non-hydrogen) atoms. The predicted octanol–water partition coefficient (Wildman–Crippen LogP) is 5.55. The van der Waals surface area contributed by atoms with Gasteiger partial charge in [-0.1, -0.05) is 42.0 Å². The van der Waals surface area contributed by atoms with Crippen LogP contribution in [0.5, 0.6) is 0 Å². The van der Waals surface area contributed by atoms with Crippen LogP contribution in [-0.4, -0.2) is 15.9 Å². The van der Waals surface area contributed by atoms with Crippen molar-refractivity contribution in [3.05, 3.63) is 89.2 Å². The molecule has 0 bridgehead atoms. The number of amides is 1. The average molecular weight is 382 g/mol. The van der Waals surface area contributed by atoms with Crippen LogP contribution < -0.4 is 10.6 Å². The van der Waals surface area contributed by atoms with Crippen molar-refractivity contribution < 1.29 is 4.79 Å². The maximum absolute atomic E-state index is 12.9. The molecule has 5 heteroatoms. The molecule has 0 fully saturated rings. The maximum atomic E-state index is 12.9. The highest BCUT2D eigenvalue weighted by atomic mass is 16.2. The zero-order valence-electron chi connectivity index (χ0n) is 16.7. The molecule has 0 saturated carbocycles. The van der Waals surface area contributed by atoms with Gasteiger partial charge in [0.1, 0.15) is 5.82 Å². The predicted molar refractivity (Wildman–Crippen MR) is 118 cm³/mol. The molecule has 0 unspecified atom stereocenters. The molecule has 3 aromatic carbocycles. The molecule has 0 aliphatic carbocycles. The van der Waals surface area contributed by atoms with Gasteiger partial charge in [-0.05, 0) is 62.2 Å². The Morgan fingerprint density at radius 1 is 0.828 bits per heavy atom. The van der Waals surface area contributed by atoms with Crippen molar-refractivity contribution in [2.24, 2.45) is 0 Å². The van der Waals surface area contributed by atoms with E-state index < -0.39 is 0 Å². The number of carbonyl (C=O) groups excluding carboxylic acids is 1. The molecule has 0 spiro atoms. The highest BCUT2D eigenvalue weighted by Gasteiger charge is 2.15. The first-order valence-electron chi connectivity index (χ1n) is 9.49. The van der Waals surface area contributed by atoms with Crippen molar-refractivity contribution in [1.82, 2.24) is 9.97 Å². The second-order valence-electron chi connectivity index (χ2n) is 7.11. The van der Waals surface area contributed by atoms with Crippen LogP contribution in [0.4, 0.5) is 17.2 Å². The summed E-state index contributed by atoms with van der Waals surface area (Å²) in [5, 5.41) is 7.12. The van der Waals surface area contributed by atoms with E-state index in [0.29, 0.717) is 11.3 Å². The van der Waals surface area contributed by atoms with Crippen LogP contribution in [0.3, 0.4) is 0 Å². The lowest BCUT2D eigenvalue weighted by Gasteiger charge is -2.13. The Morgan fingerprint density at radius 2 is 1.59 bits per heavy atom. The number of benzene rings is 3. The van der Waals surface area contributed by atoms with Gasteiger partial charge in [0.05, 0.1) is 5.52 Å². The Bertz CT molecular complexity index is 1200. The van der Waals surface area contributed by atoms with Crippen molar-refractivity contribution in [2.45, 2.75) is 20.8 Å². The third kappa shape index (κ3) is 3.94. The topological polar surface area (TPSA) is 66.9 Å². The molecule has 4 rings (SSSR count). The van der Waals surface area contributed by atoms with Gasteiger partial charge in [-0.15, -0.1) is 0 Å². The maximum Gasteiger partial charge on any atom is 0.293 e. The Labute approximate surface area is 169 Å². The Balaban J connectivity index is 1.72. The number of nitrogens with one attached hydrogen (secondary N) is 2. The molecular formula is C24H22N4O. The SMILES string of the molecule is Cc1ccc(Nc2nc(C(=O)Nc3cccc(C)c3C)nc3ccccc23)cc1. The number of aromatic nitrogens is 2. The van der Waals surface area contributed by atoms with Crippen LogP contribution in [-0.2, 0) is 0 Å². The van der Waals surface area contributed by atoms with E-state index in [4.69, 9.17) is 0 Å². The molecule has 0 atom stereocenters. The summed E-state index contributed by atoms with van der Waals surface area (Å²) in [4.78, 5) is 21.9. The van der Waals surface area contributed by atoms with E-state index >= 15 is 0 Å². The summed E-state index contributed by atoms with van der Waals surface area (Å²) in [6, 6.07) is 21.5. The largest absolute Gasteiger partial charge is 0.340 e. The number of fused-ring (bicyclic) bond motifs is 1. The highest BCUT2D eigenvalue weighted by molar-refractivity contribution is 6.04. The summed E-state index contributed by atoms with van der Waals surface area (Å²) in [5.74, 6) is 0.390. The minimum absolute atomic E-state index is 0.124. The molecule has 1 aromatic heterocycles. The summed E-state index contributed by atoms with van der Waals surface area (Å²) in [6.45, 7) is 6.04. The van der Waals surface area contributed by atoms with Crippen molar-refractivity contribution in [2.75, 3.05) is 10.6 Å². The number of para-hydroxylation sites is 1. The first-order valence-corrected chi connectivity index (χ1v) is 9.49. The first kappa shape index (κ1) is 18.6. The molecule has 0 aliphatic rings. The molecule has 1 heterocycles. The zero-order chi connectivity index (χ0) is 20.4. The van der Waals surface area contributed by atoms with E-state index in [1.54, 1.807) is 0 Å². The molecule has 0 saturated heterocycles. The molecule has 0 aliphatic heterocycles. The summed E-state index contributed by atoms with van der Waals surface area (Å²) in [7, 11) is 0. The van der Waals surface area contributed by atoms with Gasteiger partial charge in [-0.2, -0.15) is 0 Å². The van der Waals surface area contributed by atoms with Crippen LogP contribution in [0.1, 0.15) is 27.3 Å². The van der Waals surface area contributed by atoms with Gasteiger partial charge in [-0.25, -0.2) is 9.97 Å². The average Bonchev–Trinajstić information content (AvgIpc) is 2.73. The second kappa shape index (κ2) is 7.72. The van der Waals surface area contributed by atoms with Gasteiger partial charge in [0.2, 0.25) is 5.82 Å². The summed E-state index contributed by atoms with van der Waals surface area (Å²) in [6.07, 6.45) is 0. The molecule has 4 aromatic rings. The van der Waals surface area contributed by atoms with E-state index in [2.05, 4.69) is 20.6 Å². The lowest BCUT2D eigenvalue weighted by Crippen LogP contribution is -2.17. The van der Waals surface area contributed by atoms with Gasteiger partial charge in [0.25, 0.3) is 5.91 Å². The van der Waals surface area contributed by atoms with Crippen molar-refractivity contribution in [1.29, 1.82) is 0 Å². The van der Waals surface area contributed by atoms with E-state index in [1.165, 1.54) is 5.56 Å². The lowest BCUT2D eigenvalue weighted by atomic mass is 10.1. The number of hydrogen-bond acceptors (Lipinski definition) is 4. The minimum atomic E-state index is -0.337. The molecule has 0 radical (unpaired) electrons. The van der Waals surface area contributed by atoms with E-state index in [0.717, 1.165) is 27.9 Å². The molecule has 2 N–H and O–H groups in total. The third-order valence-corrected chi connectivity index (χ3v) is 4.97. The number of aryl methyl sites for hydroxylation is 2. The van der Waals surface area contributed by atoms with E-state index in [9.17, 15) is 4.79 Å². The fourth-order valence-electron chi connectivity index (χ4n) is 3.11. The summed E-state index contributed by atoms with van der Waals surface area (Å²) >= 11 is 0. The van der Waals surface area contributed by atoms with Gasteiger partial charge in [-0.3, -0.25) is 4.79 Å². The monoisotopic (exact) mass is 382 g/mol. The molecule has 1 amide bonds. The number of nitrogens with zero attached hydrogens (tertiary/aromatic N) is 2. The lowest BCUT2D eigenvalue weighted by molar-refractivity contribution is 0.101. The molecular weight excluding hydrogens is 360 g/mol. The Hall–Kier alpha value is -3.73. The van der Waals surface area contributed by atoms with E-state index in [-0.39, 0.29) is 11.7 Å². The van der Waals surface area contributed by atoms with Crippen molar-refractivity contribution >= 4 is 34.0 Å². The third-order valence-electron chi connectivity index (χ3n) is 4.97. The van der Waals surface area contributed by atoms with Gasteiger partial charge in [0, 0.05) is 16.8 Å². The van der Waals surface area contributed by atoms with Crippen LogP contribution in [0, 0.1) is 20.8 Å². The number of hydrogen-bond donors (Lipinski definition) is 2. The summed E-state index contributed by atoms with van der Waals surface area (Å²) < 4.78 is 0. The van der Waals surface area contributed by atoms with Crippen LogP contribution in [0.2, 0.25) is 0 Å². The standard InChI is InChI=1S/C24H22N4O/c1-15-11-13-18(14-12-15)25-22-19-8-4-5-9-21(19)26-23(28-22)24(29)27-20-10-6-7-16(2)17(20)3/h4-14H,1-3H3,(H,27,29)(H,25,26,28). The number of anilines is 3. The molecule has 144 valence electrons. The Kier molecular flexibility index (Phi) is 4.96. The van der Waals surface area contributed by atoms with Crippen LogP contribution in [0.25, 0.3) is 10.9 Å². The Morgan fingerprint density at radius 3 is 2.38 bits per heavy atom. The van der Waals surface area contributed by atoms with E-state index in [1.807, 2.05) is 87.5 Å². The number of carbonyl (C=O) groups is 1. The van der Waals surface area contributed by atoms with Gasteiger partial charge < -0.3 is 10.6 Å². The highest BCUT2D eigenvalue weighted by Crippen LogP contribution is 2.25. The first-order chi connectivity index (χ1) is 14.0. The quantitative estimate of drug-likeness (QED) is 0.485. The van der Waals surface area contributed by atoms with Crippen molar-refractivity contribution in [3.63, 3.8) is 0 Å². The normalized spacial score (nSPS) is 10.7. The van der Waals surface area contributed by atoms with Gasteiger partial charge in [0.15, 0.2) is 0 Å². The van der Waals surface area contributed by atoms with Crippen molar-refractivity contribution in [3.8, 4) is 0 Å². The van der Waals surface area contributed by atoms with Gasteiger partial charge >= 0.3 is 0 Å². The minimum Gasteiger partial charge on any atom is -0.340 e.